The van der Waals surface area contributed by atoms with Crippen molar-refractivity contribution in [3.63, 3.8) is 0 Å². The number of benzene rings is 2. The Labute approximate surface area is 228 Å². The highest BCUT2D eigenvalue weighted by Crippen LogP contribution is 2.35. The number of nitrogens with two attached hydrogens (primary N) is 1. The Morgan fingerprint density at radius 1 is 1.03 bits per heavy atom. The van der Waals surface area contributed by atoms with Gasteiger partial charge in [-0.1, -0.05) is 73.9 Å². The first kappa shape index (κ1) is 27.2. The van der Waals surface area contributed by atoms with Gasteiger partial charge in [0.25, 0.3) is 11.8 Å². The second-order valence-corrected chi connectivity index (χ2v) is 12.4. The third-order valence-electron chi connectivity index (χ3n) is 8.21. The van der Waals surface area contributed by atoms with Crippen molar-refractivity contribution in [2.24, 2.45) is 16.6 Å². The fraction of sp³-hybridized carbons (Fsp3) is 0.414. The molecule has 4 N–H and O–H groups in total. The van der Waals surface area contributed by atoms with E-state index >= 15 is 0 Å². The van der Waals surface area contributed by atoms with Crippen LogP contribution >= 0.6 is 0 Å². The van der Waals surface area contributed by atoms with Gasteiger partial charge in [-0.3, -0.25) is 14.6 Å². The first-order valence-corrected chi connectivity index (χ1v) is 14.9. The summed E-state index contributed by atoms with van der Waals surface area (Å²) < 4.78 is 27.5. The first-order chi connectivity index (χ1) is 18.6. The normalized spacial score (nSPS) is 22.0. The minimum atomic E-state index is -3.73. The Morgan fingerprint density at radius 3 is 2.26 bits per heavy atom. The van der Waals surface area contributed by atoms with Gasteiger partial charge in [-0.05, 0) is 48.4 Å². The predicted octanol–water partition coefficient (Wildman–Crippen LogP) is 2.65. The van der Waals surface area contributed by atoms with Crippen molar-refractivity contribution < 1.29 is 23.1 Å². The maximum atomic E-state index is 13.1. The molecule has 2 aliphatic heterocycles. The van der Waals surface area contributed by atoms with E-state index in [-0.39, 0.29) is 24.6 Å². The Balaban J connectivity index is 1.25. The van der Waals surface area contributed by atoms with E-state index < -0.39 is 27.1 Å². The Kier molecular flexibility index (Phi) is 7.45. The summed E-state index contributed by atoms with van der Waals surface area (Å²) in [5.74, 6) is 0.0652. The molecular formula is C29H34N4O5S. The van der Waals surface area contributed by atoms with Crippen molar-refractivity contribution in [1.29, 1.82) is 0 Å². The lowest BCUT2D eigenvalue weighted by atomic mass is 9.85. The number of amidine groups is 1. The SMILES string of the molecule is NC(=O)C(O)(c1ccccc1)c1ccc(/C=C/S(=O)(=O)N2CCC3(CC2)N=C(C2CCCCC2)NC3=O)cc1. The molecule has 2 amide bonds. The molecule has 39 heavy (non-hydrogen) atoms. The van der Waals surface area contributed by atoms with Crippen LogP contribution in [0, 0.1) is 5.92 Å². The molecule has 2 aromatic rings. The van der Waals surface area contributed by atoms with Gasteiger partial charge in [0.1, 0.15) is 11.4 Å². The maximum Gasteiger partial charge on any atom is 0.258 e. The third-order valence-corrected chi connectivity index (χ3v) is 9.77. The van der Waals surface area contributed by atoms with Crippen LogP contribution in [0.5, 0.6) is 0 Å². The van der Waals surface area contributed by atoms with Gasteiger partial charge in [0, 0.05) is 24.4 Å². The van der Waals surface area contributed by atoms with E-state index in [0.29, 0.717) is 29.9 Å². The molecule has 0 radical (unpaired) electrons. The number of nitrogens with zero attached hydrogens (tertiary/aromatic N) is 2. The van der Waals surface area contributed by atoms with E-state index in [2.05, 4.69) is 5.32 Å². The molecule has 0 bridgehead atoms. The molecule has 1 saturated heterocycles. The van der Waals surface area contributed by atoms with Crippen LogP contribution in [0.4, 0.5) is 0 Å². The zero-order valence-corrected chi connectivity index (χ0v) is 22.6. The molecule has 1 saturated carbocycles. The largest absolute Gasteiger partial charge is 0.372 e. The Bertz CT molecular complexity index is 1390. The van der Waals surface area contributed by atoms with Crippen LogP contribution < -0.4 is 11.1 Å². The van der Waals surface area contributed by atoms with Crippen LogP contribution in [0.25, 0.3) is 6.08 Å². The van der Waals surface area contributed by atoms with Crippen molar-refractivity contribution >= 4 is 33.7 Å². The summed E-state index contributed by atoms with van der Waals surface area (Å²) in [7, 11) is -3.73. The number of sulfonamides is 1. The summed E-state index contributed by atoms with van der Waals surface area (Å²) in [5.41, 5.74) is 3.88. The molecule has 1 unspecified atom stereocenters. The number of primary amides is 1. The van der Waals surface area contributed by atoms with Crippen LogP contribution in [0.2, 0.25) is 0 Å². The molecule has 206 valence electrons. The second-order valence-electron chi connectivity index (χ2n) is 10.6. The number of piperidine rings is 1. The summed E-state index contributed by atoms with van der Waals surface area (Å²) in [6.45, 7) is 0.423. The van der Waals surface area contributed by atoms with Gasteiger partial charge < -0.3 is 16.2 Å². The maximum absolute atomic E-state index is 13.1. The molecule has 1 aliphatic carbocycles. The first-order valence-electron chi connectivity index (χ1n) is 13.4. The highest BCUT2D eigenvalue weighted by Gasteiger charge is 2.48. The zero-order chi connectivity index (χ0) is 27.7. The summed E-state index contributed by atoms with van der Waals surface area (Å²) in [6.07, 6.45) is 7.75. The Hall–Kier alpha value is -3.34. The van der Waals surface area contributed by atoms with Crippen molar-refractivity contribution in [3.8, 4) is 0 Å². The van der Waals surface area contributed by atoms with Gasteiger partial charge in [0.05, 0.1) is 0 Å². The van der Waals surface area contributed by atoms with Gasteiger partial charge in [0.15, 0.2) is 5.60 Å². The highest BCUT2D eigenvalue weighted by molar-refractivity contribution is 7.92. The van der Waals surface area contributed by atoms with Crippen LogP contribution in [0.1, 0.15) is 61.6 Å². The quantitative estimate of drug-likeness (QED) is 0.486. The zero-order valence-electron chi connectivity index (χ0n) is 21.8. The fourth-order valence-corrected chi connectivity index (χ4v) is 6.97. The lowest BCUT2D eigenvalue weighted by molar-refractivity contribution is -0.133. The lowest BCUT2D eigenvalue weighted by Crippen LogP contribution is -2.50. The van der Waals surface area contributed by atoms with E-state index in [1.165, 1.54) is 16.8 Å². The summed E-state index contributed by atoms with van der Waals surface area (Å²) in [5, 5.41) is 15.3. The number of amides is 2. The lowest BCUT2D eigenvalue weighted by Gasteiger charge is -2.34. The van der Waals surface area contributed by atoms with E-state index in [4.69, 9.17) is 10.7 Å². The minimum Gasteiger partial charge on any atom is -0.372 e. The number of aliphatic hydroxyl groups is 1. The molecule has 0 aromatic heterocycles. The average molecular weight is 551 g/mol. The van der Waals surface area contributed by atoms with Crippen LogP contribution in [0.15, 0.2) is 65.0 Å². The van der Waals surface area contributed by atoms with E-state index in [1.54, 1.807) is 54.6 Å². The standard InChI is InChI=1S/C29H34N4O5S/c30-26(34)29(36,23-9-5-2-6-10-23)24-13-11-21(12-14-24)15-20-39(37,38)33-18-16-28(17-19-33)27(35)31-25(32-28)22-7-3-1-4-8-22/h2,5-6,9-15,20,22,36H,1,3-4,7-8,16-19H2,(H2,30,34)(H,31,32,35)/b20-15+. The van der Waals surface area contributed by atoms with E-state index in [1.807, 2.05) is 0 Å². The van der Waals surface area contributed by atoms with E-state index in [0.717, 1.165) is 36.9 Å². The van der Waals surface area contributed by atoms with Gasteiger partial charge in [-0.25, -0.2) is 8.42 Å². The molecule has 9 nitrogen and oxygen atoms in total. The number of hydrogen-bond donors (Lipinski definition) is 3. The highest BCUT2D eigenvalue weighted by atomic mass is 32.2. The van der Waals surface area contributed by atoms with Crippen LogP contribution in [-0.4, -0.2) is 54.1 Å². The van der Waals surface area contributed by atoms with E-state index in [9.17, 15) is 23.1 Å². The number of carbonyl (C=O) groups excluding carboxylic acids is 2. The number of rotatable bonds is 7. The Morgan fingerprint density at radius 2 is 1.64 bits per heavy atom. The average Bonchev–Trinajstić information content (AvgIpc) is 3.28. The van der Waals surface area contributed by atoms with Crippen LogP contribution in [-0.2, 0) is 25.2 Å². The number of carbonyl (C=O) groups is 2. The van der Waals surface area contributed by atoms with Crippen LogP contribution in [0.3, 0.4) is 0 Å². The topological polar surface area (TPSA) is 142 Å². The summed E-state index contributed by atoms with van der Waals surface area (Å²) >= 11 is 0. The van der Waals surface area contributed by atoms with Crippen molar-refractivity contribution in [3.05, 3.63) is 76.7 Å². The minimum absolute atomic E-state index is 0.109. The molecule has 2 heterocycles. The monoisotopic (exact) mass is 550 g/mol. The van der Waals surface area contributed by atoms with Gasteiger partial charge in [0.2, 0.25) is 10.0 Å². The molecule has 5 rings (SSSR count). The summed E-state index contributed by atoms with van der Waals surface area (Å²) in [6, 6.07) is 14.7. The molecule has 10 heteroatoms. The van der Waals surface area contributed by atoms with Crippen molar-refractivity contribution in [1.82, 2.24) is 9.62 Å². The molecule has 1 atom stereocenters. The molecular weight excluding hydrogens is 516 g/mol. The smallest absolute Gasteiger partial charge is 0.258 e. The number of nitrogens with one attached hydrogen (secondary N) is 1. The molecule has 1 spiro atoms. The van der Waals surface area contributed by atoms with Crippen molar-refractivity contribution in [2.45, 2.75) is 56.1 Å². The third kappa shape index (κ3) is 5.28. The van der Waals surface area contributed by atoms with Crippen molar-refractivity contribution in [2.75, 3.05) is 13.1 Å². The number of aliphatic imine (C=N–C) groups is 1. The van der Waals surface area contributed by atoms with Gasteiger partial charge >= 0.3 is 0 Å². The molecule has 2 aromatic carbocycles. The fourth-order valence-electron chi connectivity index (χ4n) is 5.78. The predicted molar refractivity (Wildman–Crippen MR) is 149 cm³/mol. The van der Waals surface area contributed by atoms with Gasteiger partial charge in [-0.15, -0.1) is 0 Å². The second kappa shape index (κ2) is 10.7. The van der Waals surface area contributed by atoms with Gasteiger partial charge in [-0.2, -0.15) is 4.31 Å². The molecule has 3 aliphatic rings. The molecule has 2 fully saturated rings. The number of hydrogen-bond acceptors (Lipinski definition) is 6. The summed E-state index contributed by atoms with van der Waals surface area (Å²) in [4.78, 5) is 29.9.